The van der Waals surface area contributed by atoms with Crippen LogP contribution in [0.2, 0.25) is 15.1 Å². The van der Waals surface area contributed by atoms with Gasteiger partial charge in [0.1, 0.15) is 5.02 Å². The highest BCUT2D eigenvalue weighted by molar-refractivity contribution is 6.35. The van der Waals surface area contributed by atoms with Gasteiger partial charge in [-0.25, -0.2) is 0 Å². The van der Waals surface area contributed by atoms with E-state index in [1.165, 1.54) is 0 Å². The molecule has 6 nitrogen and oxygen atoms in total. The summed E-state index contributed by atoms with van der Waals surface area (Å²) in [5, 5.41) is 12.7. The maximum absolute atomic E-state index is 12.7. The zero-order chi connectivity index (χ0) is 21.1. The van der Waals surface area contributed by atoms with Crippen molar-refractivity contribution in [1.29, 1.82) is 0 Å². The zero-order valence-electron chi connectivity index (χ0n) is 15.6. The van der Waals surface area contributed by atoms with Gasteiger partial charge >= 0.3 is 0 Å². The summed E-state index contributed by atoms with van der Waals surface area (Å²) >= 11 is 18.4. The van der Waals surface area contributed by atoms with Gasteiger partial charge in [-0.05, 0) is 41.5 Å². The number of hydrogen-bond acceptors (Lipinski definition) is 3. The van der Waals surface area contributed by atoms with E-state index in [4.69, 9.17) is 34.8 Å². The minimum Gasteiger partial charge on any atom is -0.304 e. The van der Waals surface area contributed by atoms with Crippen LogP contribution in [0.4, 0.5) is 5.82 Å². The Labute approximate surface area is 188 Å². The van der Waals surface area contributed by atoms with E-state index < -0.39 is 0 Å². The van der Waals surface area contributed by atoms with Crippen LogP contribution in [-0.2, 0) is 13.1 Å². The number of amides is 1. The summed E-state index contributed by atoms with van der Waals surface area (Å²) < 4.78 is 3.40. The molecule has 4 rings (SSSR count). The molecule has 2 heterocycles. The van der Waals surface area contributed by atoms with E-state index in [0.717, 1.165) is 11.1 Å². The van der Waals surface area contributed by atoms with Crippen molar-refractivity contribution in [3.63, 3.8) is 0 Å². The number of anilines is 1. The SMILES string of the molecule is O=C(Nc1nn(Cc2ccc(Cl)cc2Cl)cc1Cl)c1cccc(Cn2cccn2)c1. The predicted molar refractivity (Wildman–Crippen MR) is 119 cm³/mol. The molecule has 0 aliphatic heterocycles. The second kappa shape index (κ2) is 8.92. The average molecular weight is 461 g/mol. The van der Waals surface area contributed by atoms with Gasteiger partial charge < -0.3 is 5.32 Å². The molecule has 0 fully saturated rings. The van der Waals surface area contributed by atoms with Gasteiger partial charge in [-0.2, -0.15) is 10.2 Å². The smallest absolute Gasteiger partial charge is 0.256 e. The fraction of sp³-hybridized carbons (Fsp3) is 0.0952. The molecule has 1 N–H and O–H groups in total. The lowest BCUT2D eigenvalue weighted by Gasteiger charge is -2.07. The van der Waals surface area contributed by atoms with Crippen LogP contribution in [-0.4, -0.2) is 25.5 Å². The normalized spacial score (nSPS) is 10.9. The number of benzene rings is 2. The molecule has 0 aliphatic rings. The summed E-state index contributed by atoms with van der Waals surface area (Å²) in [5.41, 5.74) is 2.30. The quantitative estimate of drug-likeness (QED) is 0.419. The van der Waals surface area contributed by atoms with Crippen molar-refractivity contribution in [3.8, 4) is 0 Å². The maximum Gasteiger partial charge on any atom is 0.256 e. The van der Waals surface area contributed by atoms with Crippen LogP contribution < -0.4 is 5.32 Å². The topological polar surface area (TPSA) is 64.7 Å². The fourth-order valence-electron chi connectivity index (χ4n) is 2.96. The number of nitrogens with one attached hydrogen (secondary N) is 1. The van der Waals surface area contributed by atoms with Crippen LogP contribution in [0.1, 0.15) is 21.5 Å². The van der Waals surface area contributed by atoms with Crippen molar-refractivity contribution in [3.05, 3.63) is 98.9 Å². The Morgan fingerprint density at radius 3 is 2.60 bits per heavy atom. The molecule has 9 heteroatoms. The highest BCUT2D eigenvalue weighted by Gasteiger charge is 2.14. The monoisotopic (exact) mass is 459 g/mol. The van der Waals surface area contributed by atoms with E-state index in [-0.39, 0.29) is 11.7 Å². The van der Waals surface area contributed by atoms with E-state index in [2.05, 4.69) is 15.5 Å². The second-order valence-electron chi connectivity index (χ2n) is 6.62. The number of carbonyl (C=O) groups is 1. The molecule has 152 valence electrons. The molecule has 0 spiro atoms. The molecule has 0 saturated heterocycles. The van der Waals surface area contributed by atoms with Gasteiger partial charge in [0, 0.05) is 34.2 Å². The Kier molecular flexibility index (Phi) is 6.08. The molecular formula is C21H16Cl3N5O. The molecule has 2 aromatic heterocycles. The zero-order valence-corrected chi connectivity index (χ0v) is 17.9. The molecule has 0 aliphatic carbocycles. The second-order valence-corrected chi connectivity index (χ2v) is 7.87. The lowest BCUT2D eigenvalue weighted by molar-refractivity contribution is 0.102. The Bertz CT molecular complexity index is 1190. The first-order valence-corrected chi connectivity index (χ1v) is 10.2. The third-order valence-electron chi connectivity index (χ3n) is 4.39. The summed E-state index contributed by atoms with van der Waals surface area (Å²) in [6.07, 6.45) is 5.22. The average Bonchev–Trinajstić information content (AvgIpc) is 3.34. The van der Waals surface area contributed by atoms with Gasteiger partial charge in [0.05, 0.1) is 13.1 Å². The van der Waals surface area contributed by atoms with Crippen LogP contribution in [0.3, 0.4) is 0 Å². The van der Waals surface area contributed by atoms with Crippen LogP contribution >= 0.6 is 34.8 Å². The first kappa shape index (κ1) is 20.5. The molecular weight excluding hydrogens is 445 g/mol. The largest absolute Gasteiger partial charge is 0.304 e. The van der Waals surface area contributed by atoms with Crippen molar-refractivity contribution in [2.45, 2.75) is 13.1 Å². The highest BCUT2D eigenvalue weighted by atomic mass is 35.5. The van der Waals surface area contributed by atoms with Gasteiger partial charge in [-0.15, -0.1) is 0 Å². The van der Waals surface area contributed by atoms with E-state index in [1.54, 1.807) is 40.0 Å². The predicted octanol–water partition coefficient (Wildman–Crippen LogP) is 5.39. The molecule has 1 amide bonds. The molecule has 0 unspecified atom stereocenters. The van der Waals surface area contributed by atoms with Crippen molar-refractivity contribution >= 4 is 46.5 Å². The standard InChI is InChI=1S/C21H16Cl3N5O/c22-17-6-5-16(18(23)10-17)12-29-13-19(24)20(27-29)26-21(30)15-4-1-3-14(9-15)11-28-8-2-7-25-28/h1-10,13H,11-12H2,(H,26,27,30). The summed E-state index contributed by atoms with van der Waals surface area (Å²) in [5.74, 6) is -0.0155. The highest BCUT2D eigenvalue weighted by Crippen LogP contribution is 2.24. The maximum atomic E-state index is 12.7. The van der Waals surface area contributed by atoms with Crippen molar-refractivity contribution in [2.75, 3.05) is 5.32 Å². The number of carbonyl (C=O) groups excluding carboxylic acids is 1. The molecule has 0 bridgehead atoms. The number of rotatable bonds is 6. The minimum absolute atomic E-state index is 0.282. The Morgan fingerprint density at radius 2 is 1.83 bits per heavy atom. The molecule has 30 heavy (non-hydrogen) atoms. The van der Waals surface area contributed by atoms with Crippen LogP contribution in [0.25, 0.3) is 0 Å². The summed E-state index contributed by atoms with van der Waals surface area (Å²) in [4.78, 5) is 12.7. The number of aromatic nitrogens is 4. The van der Waals surface area contributed by atoms with E-state index in [1.807, 2.05) is 36.5 Å². The van der Waals surface area contributed by atoms with E-state index in [0.29, 0.717) is 33.7 Å². The van der Waals surface area contributed by atoms with Crippen LogP contribution in [0, 0.1) is 0 Å². The van der Waals surface area contributed by atoms with Gasteiger partial charge in [-0.3, -0.25) is 14.2 Å². The van der Waals surface area contributed by atoms with E-state index >= 15 is 0 Å². The van der Waals surface area contributed by atoms with Crippen molar-refractivity contribution in [1.82, 2.24) is 19.6 Å². The van der Waals surface area contributed by atoms with Crippen molar-refractivity contribution < 1.29 is 4.79 Å². The molecule has 0 saturated carbocycles. The molecule has 4 aromatic rings. The summed E-state index contributed by atoms with van der Waals surface area (Å²) in [7, 11) is 0. The molecule has 0 atom stereocenters. The Morgan fingerprint density at radius 1 is 0.967 bits per heavy atom. The third-order valence-corrected chi connectivity index (χ3v) is 5.25. The Hall–Kier alpha value is -2.80. The fourth-order valence-corrected chi connectivity index (χ4v) is 3.62. The third kappa shape index (κ3) is 4.84. The first-order valence-electron chi connectivity index (χ1n) is 9.02. The number of hydrogen-bond donors (Lipinski definition) is 1. The van der Waals surface area contributed by atoms with Gasteiger partial charge in [-0.1, -0.05) is 53.0 Å². The first-order chi connectivity index (χ1) is 14.5. The van der Waals surface area contributed by atoms with E-state index in [9.17, 15) is 4.79 Å². The lowest BCUT2D eigenvalue weighted by Crippen LogP contribution is -2.14. The number of nitrogens with zero attached hydrogens (tertiary/aromatic N) is 4. The van der Waals surface area contributed by atoms with Gasteiger partial charge in [0.25, 0.3) is 5.91 Å². The Balaban J connectivity index is 1.47. The summed E-state index contributed by atoms with van der Waals surface area (Å²) in [6, 6.07) is 14.4. The molecule has 0 radical (unpaired) electrons. The summed E-state index contributed by atoms with van der Waals surface area (Å²) in [6.45, 7) is 0.969. The van der Waals surface area contributed by atoms with Crippen LogP contribution in [0.15, 0.2) is 67.1 Å². The minimum atomic E-state index is -0.297. The number of halogens is 3. The lowest BCUT2D eigenvalue weighted by atomic mass is 10.1. The van der Waals surface area contributed by atoms with Gasteiger partial charge in [0.15, 0.2) is 5.82 Å². The van der Waals surface area contributed by atoms with Gasteiger partial charge in [0.2, 0.25) is 0 Å². The van der Waals surface area contributed by atoms with Crippen LogP contribution in [0.5, 0.6) is 0 Å². The van der Waals surface area contributed by atoms with Crippen molar-refractivity contribution in [2.24, 2.45) is 0 Å². The molecule has 2 aromatic carbocycles.